The standard InChI is InChI=1S/C21H28N2O2.ClH/c1-3-13-25-20-10-9-19(17-7-5-6-8-18(17)20)21(24)16(4-2)14-23-12-11-22-15-23;/h9-12,15-16H,3-8,13-14H2,1-2H3;1H. The Bertz CT molecular complexity index is 713. The van der Waals surface area contributed by atoms with Crippen LogP contribution in [0.1, 0.15) is 61.0 Å². The van der Waals surface area contributed by atoms with Crippen molar-refractivity contribution in [3.05, 3.63) is 47.5 Å². The number of ether oxygens (including phenoxy) is 1. The molecule has 0 spiro atoms. The Morgan fingerprint density at radius 1 is 1.23 bits per heavy atom. The van der Waals surface area contributed by atoms with Gasteiger partial charge < -0.3 is 9.30 Å². The van der Waals surface area contributed by atoms with E-state index in [4.69, 9.17) is 4.74 Å². The molecule has 0 fully saturated rings. The number of fused-ring (bicyclic) bond motifs is 1. The summed E-state index contributed by atoms with van der Waals surface area (Å²) >= 11 is 0. The molecule has 0 bridgehead atoms. The third-order valence-corrected chi connectivity index (χ3v) is 5.07. The molecule has 1 unspecified atom stereocenters. The van der Waals surface area contributed by atoms with Crippen LogP contribution in [0.3, 0.4) is 0 Å². The Balaban J connectivity index is 0.00000243. The second-order valence-corrected chi connectivity index (χ2v) is 6.85. The van der Waals surface area contributed by atoms with Crippen molar-refractivity contribution < 1.29 is 9.53 Å². The largest absolute Gasteiger partial charge is 0.493 e. The van der Waals surface area contributed by atoms with Gasteiger partial charge in [0.25, 0.3) is 0 Å². The van der Waals surface area contributed by atoms with Crippen LogP contribution in [0.4, 0.5) is 0 Å². The maximum Gasteiger partial charge on any atom is 0.168 e. The van der Waals surface area contributed by atoms with Gasteiger partial charge in [0.1, 0.15) is 5.75 Å². The van der Waals surface area contributed by atoms with Crippen molar-refractivity contribution in [1.29, 1.82) is 0 Å². The number of hydrogen-bond acceptors (Lipinski definition) is 3. The molecule has 0 saturated carbocycles. The number of hydrogen-bond donors (Lipinski definition) is 0. The molecule has 26 heavy (non-hydrogen) atoms. The minimum atomic E-state index is -0.0114. The highest BCUT2D eigenvalue weighted by Crippen LogP contribution is 2.34. The van der Waals surface area contributed by atoms with Crippen molar-refractivity contribution >= 4 is 18.2 Å². The van der Waals surface area contributed by atoms with E-state index in [1.54, 1.807) is 12.5 Å². The summed E-state index contributed by atoms with van der Waals surface area (Å²) in [7, 11) is 0. The van der Waals surface area contributed by atoms with Crippen molar-refractivity contribution in [3.63, 3.8) is 0 Å². The smallest absolute Gasteiger partial charge is 0.168 e. The van der Waals surface area contributed by atoms with Gasteiger partial charge in [0.15, 0.2) is 5.78 Å². The number of imidazole rings is 1. The predicted molar refractivity (Wildman–Crippen MR) is 106 cm³/mol. The Kier molecular flexibility index (Phi) is 7.70. The molecule has 1 aromatic carbocycles. The number of nitrogens with zero attached hydrogens (tertiary/aromatic N) is 2. The molecule has 142 valence electrons. The van der Waals surface area contributed by atoms with Crippen LogP contribution in [-0.2, 0) is 19.4 Å². The van der Waals surface area contributed by atoms with Crippen LogP contribution >= 0.6 is 12.4 Å². The summed E-state index contributed by atoms with van der Waals surface area (Å²) in [5.74, 6) is 1.23. The number of benzene rings is 1. The molecule has 1 heterocycles. The molecule has 0 saturated heterocycles. The van der Waals surface area contributed by atoms with E-state index < -0.39 is 0 Å². The maximum atomic E-state index is 13.2. The van der Waals surface area contributed by atoms with Crippen molar-refractivity contribution in [2.75, 3.05) is 6.61 Å². The van der Waals surface area contributed by atoms with E-state index in [0.717, 1.165) is 50.0 Å². The second kappa shape index (κ2) is 9.77. The van der Waals surface area contributed by atoms with Gasteiger partial charge in [-0.15, -0.1) is 12.4 Å². The lowest BCUT2D eigenvalue weighted by atomic mass is 9.83. The zero-order valence-corrected chi connectivity index (χ0v) is 16.6. The molecule has 1 aliphatic carbocycles. The lowest BCUT2D eigenvalue weighted by Gasteiger charge is -2.24. The molecule has 2 aromatic rings. The van der Waals surface area contributed by atoms with Crippen LogP contribution in [0.25, 0.3) is 0 Å². The minimum Gasteiger partial charge on any atom is -0.493 e. The monoisotopic (exact) mass is 376 g/mol. The molecular formula is C21H29ClN2O2. The lowest BCUT2D eigenvalue weighted by molar-refractivity contribution is 0.0902. The van der Waals surface area contributed by atoms with E-state index >= 15 is 0 Å². The van der Waals surface area contributed by atoms with Crippen LogP contribution in [0.2, 0.25) is 0 Å². The predicted octanol–water partition coefficient (Wildman–Crippen LogP) is 4.88. The zero-order valence-electron chi connectivity index (χ0n) is 15.7. The summed E-state index contributed by atoms with van der Waals surface area (Å²) in [6.07, 6.45) is 11.6. The van der Waals surface area contributed by atoms with E-state index in [2.05, 4.69) is 18.8 Å². The third kappa shape index (κ3) is 4.47. The summed E-state index contributed by atoms with van der Waals surface area (Å²) in [6.45, 7) is 5.63. The molecule has 0 amide bonds. The SMILES string of the molecule is CCCOc1ccc(C(=O)C(CC)Cn2ccnc2)c2c1CCCC2.Cl. The molecular weight excluding hydrogens is 348 g/mol. The Hall–Kier alpha value is -1.81. The summed E-state index contributed by atoms with van der Waals surface area (Å²) < 4.78 is 7.93. The van der Waals surface area contributed by atoms with Crippen molar-refractivity contribution in [3.8, 4) is 5.75 Å². The van der Waals surface area contributed by atoms with Crippen molar-refractivity contribution in [2.24, 2.45) is 5.92 Å². The normalized spacial score (nSPS) is 14.2. The topological polar surface area (TPSA) is 44.1 Å². The van der Waals surface area contributed by atoms with Gasteiger partial charge in [0.2, 0.25) is 0 Å². The van der Waals surface area contributed by atoms with Gasteiger partial charge in [-0.1, -0.05) is 13.8 Å². The van der Waals surface area contributed by atoms with Crippen LogP contribution in [0.5, 0.6) is 5.75 Å². The number of ketones is 1. The molecule has 0 N–H and O–H groups in total. The summed E-state index contributed by atoms with van der Waals surface area (Å²) in [5.41, 5.74) is 3.41. The Morgan fingerprint density at radius 3 is 2.65 bits per heavy atom. The second-order valence-electron chi connectivity index (χ2n) is 6.85. The zero-order chi connectivity index (χ0) is 17.6. The fourth-order valence-electron chi connectivity index (χ4n) is 3.68. The van der Waals surface area contributed by atoms with E-state index in [9.17, 15) is 4.79 Å². The first-order chi connectivity index (χ1) is 12.2. The first kappa shape index (κ1) is 20.5. The van der Waals surface area contributed by atoms with Crippen LogP contribution < -0.4 is 4.74 Å². The van der Waals surface area contributed by atoms with Gasteiger partial charge in [0, 0.05) is 30.4 Å². The van der Waals surface area contributed by atoms with E-state index in [1.807, 2.05) is 22.9 Å². The van der Waals surface area contributed by atoms with E-state index in [0.29, 0.717) is 6.54 Å². The van der Waals surface area contributed by atoms with Gasteiger partial charge in [-0.05, 0) is 61.8 Å². The quantitative estimate of drug-likeness (QED) is 0.616. The van der Waals surface area contributed by atoms with Gasteiger partial charge in [0.05, 0.1) is 12.9 Å². The molecule has 4 nitrogen and oxygen atoms in total. The van der Waals surface area contributed by atoms with Gasteiger partial charge >= 0.3 is 0 Å². The highest BCUT2D eigenvalue weighted by atomic mass is 35.5. The fraction of sp³-hybridized carbons (Fsp3) is 0.524. The first-order valence-electron chi connectivity index (χ1n) is 9.52. The first-order valence-corrected chi connectivity index (χ1v) is 9.52. The average Bonchev–Trinajstić information content (AvgIpc) is 3.16. The summed E-state index contributed by atoms with van der Waals surface area (Å²) in [4.78, 5) is 17.3. The van der Waals surface area contributed by atoms with Crippen LogP contribution in [0, 0.1) is 5.92 Å². The molecule has 0 radical (unpaired) electrons. The molecule has 1 aromatic heterocycles. The minimum absolute atomic E-state index is 0. The number of Topliss-reactive ketones (excluding diaryl/α,β-unsaturated/α-hetero) is 1. The van der Waals surface area contributed by atoms with E-state index in [1.165, 1.54) is 17.5 Å². The summed E-state index contributed by atoms with van der Waals surface area (Å²) in [5, 5.41) is 0. The van der Waals surface area contributed by atoms with Crippen LogP contribution in [-0.4, -0.2) is 21.9 Å². The number of carbonyl (C=O) groups excluding carboxylic acids is 1. The summed E-state index contributed by atoms with van der Waals surface area (Å²) in [6, 6.07) is 4.00. The number of rotatable bonds is 8. The Labute approximate surface area is 162 Å². The number of carbonyl (C=O) groups is 1. The highest BCUT2D eigenvalue weighted by Gasteiger charge is 2.25. The lowest BCUT2D eigenvalue weighted by Crippen LogP contribution is -2.22. The fourth-order valence-corrected chi connectivity index (χ4v) is 3.68. The molecule has 1 aliphatic rings. The highest BCUT2D eigenvalue weighted by molar-refractivity contribution is 5.99. The van der Waals surface area contributed by atoms with Gasteiger partial charge in [-0.2, -0.15) is 0 Å². The maximum absolute atomic E-state index is 13.2. The number of halogens is 1. The van der Waals surface area contributed by atoms with Crippen molar-refractivity contribution in [1.82, 2.24) is 9.55 Å². The van der Waals surface area contributed by atoms with Crippen molar-refractivity contribution in [2.45, 2.75) is 58.9 Å². The van der Waals surface area contributed by atoms with Gasteiger partial charge in [-0.3, -0.25) is 4.79 Å². The average molecular weight is 377 g/mol. The van der Waals surface area contributed by atoms with Crippen LogP contribution in [0.15, 0.2) is 30.9 Å². The van der Waals surface area contributed by atoms with Gasteiger partial charge in [-0.25, -0.2) is 4.98 Å². The third-order valence-electron chi connectivity index (χ3n) is 5.07. The molecule has 0 aliphatic heterocycles. The molecule has 1 atom stereocenters. The molecule has 5 heteroatoms. The van der Waals surface area contributed by atoms with E-state index in [-0.39, 0.29) is 24.1 Å². The molecule has 3 rings (SSSR count). The Morgan fingerprint density at radius 2 is 2.00 bits per heavy atom. The number of aromatic nitrogens is 2.